The van der Waals surface area contributed by atoms with Crippen molar-refractivity contribution >= 4 is 16.0 Å². The van der Waals surface area contributed by atoms with Gasteiger partial charge in [-0.05, 0) is 18.8 Å². The van der Waals surface area contributed by atoms with Gasteiger partial charge >= 0.3 is 5.97 Å². The van der Waals surface area contributed by atoms with E-state index in [-0.39, 0.29) is 16.9 Å². The fourth-order valence-corrected chi connectivity index (χ4v) is 3.32. The monoisotopic (exact) mass is 317 g/mol. The third kappa shape index (κ3) is 5.47. The zero-order valence-corrected chi connectivity index (χ0v) is 13.9. The molecule has 0 saturated carbocycles. The molecule has 1 atom stereocenters. The molecule has 21 heavy (non-hydrogen) atoms. The van der Waals surface area contributed by atoms with Gasteiger partial charge in [0.05, 0.1) is 6.42 Å². The van der Waals surface area contributed by atoms with Gasteiger partial charge in [-0.1, -0.05) is 20.8 Å². The molecular formula is C13H23N3O4S. The highest BCUT2D eigenvalue weighted by molar-refractivity contribution is 7.89. The van der Waals surface area contributed by atoms with E-state index in [4.69, 9.17) is 5.11 Å². The number of nitrogens with zero attached hydrogens (tertiary/aromatic N) is 2. The number of hydrogen-bond acceptors (Lipinski definition) is 4. The van der Waals surface area contributed by atoms with Gasteiger partial charge in [-0.25, -0.2) is 18.1 Å². The minimum Gasteiger partial charge on any atom is -0.481 e. The Bertz CT molecular complexity index is 594. The van der Waals surface area contributed by atoms with Crippen molar-refractivity contribution in [3.8, 4) is 0 Å². The number of carboxylic acids is 1. The van der Waals surface area contributed by atoms with Crippen LogP contribution in [-0.2, 0) is 21.9 Å². The highest BCUT2D eigenvalue weighted by atomic mass is 32.2. The molecule has 0 aromatic carbocycles. The molecule has 8 heteroatoms. The molecule has 7 nitrogen and oxygen atoms in total. The molecule has 0 aliphatic heterocycles. The van der Waals surface area contributed by atoms with Crippen molar-refractivity contribution in [2.75, 3.05) is 0 Å². The molecule has 1 aromatic heterocycles. The van der Waals surface area contributed by atoms with Crippen molar-refractivity contribution in [2.45, 2.75) is 51.6 Å². The number of aliphatic carboxylic acids is 1. The minimum atomic E-state index is -3.82. The lowest BCUT2D eigenvalue weighted by Gasteiger charge is -2.25. The van der Waals surface area contributed by atoms with E-state index >= 15 is 0 Å². The maximum atomic E-state index is 12.3. The summed E-state index contributed by atoms with van der Waals surface area (Å²) in [4.78, 5) is 14.9. The number of sulfonamides is 1. The molecule has 0 saturated heterocycles. The summed E-state index contributed by atoms with van der Waals surface area (Å²) in [5, 5.41) is 8.85. The van der Waals surface area contributed by atoms with Gasteiger partial charge in [0.15, 0.2) is 5.03 Å². The van der Waals surface area contributed by atoms with Crippen LogP contribution in [-0.4, -0.2) is 35.1 Å². The number of rotatable bonds is 6. The highest BCUT2D eigenvalue weighted by Gasteiger charge is 2.27. The third-order valence-electron chi connectivity index (χ3n) is 2.96. The van der Waals surface area contributed by atoms with E-state index < -0.39 is 22.0 Å². The quantitative estimate of drug-likeness (QED) is 0.823. The molecule has 2 N–H and O–H groups in total. The number of aryl methyl sites for hydroxylation is 2. The summed E-state index contributed by atoms with van der Waals surface area (Å²) in [5.41, 5.74) is -0.192. The van der Waals surface area contributed by atoms with Crippen LogP contribution in [0.15, 0.2) is 11.2 Å². The lowest BCUT2D eigenvalue weighted by molar-refractivity contribution is -0.137. The molecule has 0 spiro atoms. The Labute approximate surface area is 125 Å². The molecule has 0 aliphatic rings. The molecule has 0 radical (unpaired) electrons. The fourth-order valence-electron chi connectivity index (χ4n) is 2.04. The van der Waals surface area contributed by atoms with E-state index in [0.29, 0.717) is 12.2 Å². The predicted molar refractivity (Wildman–Crippen MR) is 78.4 cm³/mol. The van der Waals surface area contributed by atoms with E-state index in [9.17, 15) is 13.2 Å². The summed E-state index contributed by atoms with van der Waals surface area (Å²) in [5.74, 6) is -0.467. The molecule has 0 amide bonds. The molecular weight excluding hydrogens is 294 g/mol. The number of aromatic nitrogens is 2. The van der Waals surface area contributed by atoms with Crippen molar-refractivity contribution < 1.29 is 18.3 Å². The van der Waals surface area contributed by atoms with Gasteiger partial charge < -0.3 is 9.67 Å². The molecule has 0 aliphatic carbocycles. The average Bonchev–Trinajstić information content (AvgIpc) is 2.55. The molecule has 0 bridgehead atoms. The number of carboxylic acid groups (broad SMARTS) is 1. The van der Waals surface area contributed by atoms with Gasteiger partial charge in [-0.3, -0.25) is 4.79 Å². The predicted octanol–water partition coefficient (Wildman–Crippen LogP) is 1.29. The third-order valence-corrected chi connectivity index (χ3v) is 4.35. The Kier molecular flexibility index (Phi) is 5.16. The molecule has 1 aromatic rings. The molecule has 120 valence electrons. The first kappa shape index (κ1) is 17.6. The van der Waals surface area contributed by atoms with Gasteiger partial charge in [-0.15, -0.1) is 0 Å². The van der Waals surface area contributed by atoms with Crippen LogP contribution in [0, 0.1) is 12.3 Å². The van der Waals surface area contributed by atoms with Crippen LogP contribution in [0.3, 0.4) is 0 Å². The number of nitrogens with one attached hydrogen (secondary N) is 1. The van der Waals surface area contributed by atoms with Crippen molar-refractivity contribution in [3.05, 3.63) is 12.0 Å². The zero-order valence-electron chi connectivity index (χ0n) is 13.0. The topological polar surface area (TPSA) is 101 Å². The first-order chi connectivity index (χ1) is 9.40. The Hall–Kier alpha value is -1.41. The maximum Gasteiger partial charge on any atom is 0.304 e. The summed E-state index contributed by atoms with van der Waals surface area (Å²) >= 11 is 0. The first-order valence-electron chi connectivity index (χ1n) is 6.65. The van der Waals surface area contributed by atoms with Crippen LogP contribution in [0.1, 0.15) is 39.4 Å². The summed E-state index contributed by atoms with van der Waals surface area (Å²) in [7, 11) is -2.12. The van der Waals surface area contributed by atoms with Gasteiger partial charge in [0.2, 0.25) is 0 Å². The first-order valence-corrected chi connectivity index (χ1v) is 8.13. The van der Waals surface area contributed by atoms with Gasteiger partial charge in [-0.2, -0.15) is 0 Å². The Morgan fingerprint density at radius 1 is 1.48 bits per heavy atom. The minimum absolute atomic E-state index is 0.0909. The van der Waals surface area contributed by atoms with Gasteiger partial charge in [0, 0.05) is 19.3 Å². The fraction of sp³-hybridized carbons (Fsp3) is 0.692. The van der Waals surface area contributed by atoms with Gasteiger partial charge in [0.25, 0.3) is 10.0 Å². The van der Waals surface area contributed by atoms with Crippen molar-refractivity contribution in [2.24, 2.45) is 12.5 Å². The SMILES string of the molecule is Cc1nc(S(=O)(=O)NC(CC(=O)O)CC(C)(C)C)cn1C. The summed E-state index contributed by atoms with van der Waals surface area (Å²) < 4.78 is 28.6. The van der Waals surface area contributed by atoms with E-state index in [2.05, 4.69) is 9.71 Å². The Balaban J connectivity index is 2.98. The smallest absolute Gasteiger partial charge is 0.304 e. The summed E-state index contributed by atoms with van der Waals surface area (Å²) in [6.45, 7) is 7.49. The number of imidazole rings is 1. The molecule has 0 fully saturated rings. The van der Waals surface area contributed by atoms with E-state index in [1.165, 1.54) is 6.20 Å². The second kappa shape index (κ2) is 6.15. The number of hydrogen-bond donors (Lipinski definition) is 2. The zero-order chi connectivity index (χ0) is 16.4. The highest BCUT2D eigenvalue weighted by Crippen LogP contribution is 2.23. The standard InChI is InChI=1S/C13H23N3O4S/c1-9-14-11(8-16(9)5)21(19,20)15-10(6-12(17)18)7-13(2,3)4/h8,10,15H,6-7H2,1-5H3,(H,17,18). The number of carbonyl (C=O) groups is 1. The van der Waals surface area contributed by atoms with Crippen molar-refractivity contribution in [1.29, 1.82) is 0 Å². The van der Waals surface area contributed by atoms with Crippen LogP contribution in [0.2, 0.25) is 0 Å². The van der Waals surface area contributed by atoms with Crippen LogP contribution < -0.4 is 4.72 Å². The van der Waals surface area contributed by atoms with Crippen LogP contribution >= 0.6 is 0 Å². The normalized spacial score (nSPS) is 14.1. The van der Waals surface area contributed by atoms with Crippen LogP contribution in [0.5, 0.6) is 0 Å². The van der Waals surface area contributed by atoms with Gasteiger partial charge in [0.1, 0.15) is 5.82 Å². The van der Waals surface area contributed by atoms with Crippen LogP contribution in [0.25, 0.3) is 0 Å². The Morgan fingerprint density at radius 2 is 2.05 bits per heavy atom. The molecule has 1 unspecified atom stereocenters. The van der Waals surface area contributed by atoms with E-state index in [1.807, 2.05) is 20.8 Å². The van der Waals surface area contributed by atoms with E-state index in [0.717, 1.165) is 0 Å². The summed E-state index contributed by atoms with van der Waals surface area (Å²) in [6, 6.07) is -0.671. The second-order valence-electron chi connectivity index (χ2n) is 6.42. The maximum absolute atomic E-state index is 12.3. The Morgan fingerprint density at radius 3 is 2.43 bits per heavy atom. The lowest BCUT2D eigenvalue weighted by atomic mass is 9.87. The second-order valence-corrected chi connectivity index (χ2v) is 8.08. The summed E-state index contributed by atoms with van der Waals surface area (Å²) in [6.07, 6.45) is 1.57. The van der Waals surface area contributed by atoms with E-state index in [1.54, 1.807) is 18.5 Å². The van der Waals surface area contributed by atoms with Crippen LogP contribution in [0.4, 0.5) is 0 Å². The molecule has 1 rings (SSSR count). The van der Waals surface area contributed by atoms with Crippen molar-refractivity contribution in [1.82, 2.24) is 14.3 Å². The lowest BCUT2D eigenvalue weighted by Crippen LogP contribution is -2.39. The largest absolute Gasteiger partial charge is 0.481 e. The molecule has 1 heterocycles. The van der Waals surface area contributed by atoms with Crippen molar-refractivity contribution in [3.63, 3.8) is 0 Å². The average molecular weight is 317 g/mol.